The van der Waals surface area contributed by atoms with Crippen molar-refractivity contribution in [3.63, 3.8) is 0 Å². The molecule has 0 aromatic heterocycles. The van der Waals surface area contributed by atoms with E-state index in [4.69, 9.17) is 0 Å². The highest BCUT2D eigenvalue weighted by atomic mass is 16.2. The second-order valence-electron chi connectivity index (χ2n) is 4.32. The number of hydrogen-bond donors (Lipinski definition) is 1. The van der Waals surface area contributed by atoms with E-state index in [2.05, 4.69) is 17.5 Å². The molecule has 0 unspecified atom stereocenters. The van der Waals surface area contributed by atoms with Crippen LogP contribution in [0.3, 0.4) is 0 Å². The van der Waals surface area contributed by atoms with Crippen molar-refractivity contribution in [1.29, 1.82) is 0 Å². The van der Waals surface area contributed by atoms with E-state index in [0.29, 0.717) is 5.56 Å². The normalized spacial score (nSPS) is 10.7. The van der Waals surface area contributed by atoms with Crippen molar-refractivity contribution in [2.45, 2.75) is 45.4 Å². The maximum Gasteiger partial charge on any atom is 0.271 e. The molecule has 18 heavy (non-hydrogen) atoms. The summed E-state index contributed by atoms with van der Waals surface area (Å²) < 4.78 is 0. The fourth-order valence-corrected chi connectivity index (χ4v) is 1.66. The standard InChI is InChI=1S/C15H22N2O/c1-2-3-4-5-6-10-13-16-17-15(18)14-11-8-7-9-12-14/h7-9,11-13H,2-6,10H2,1H3,(H,17,18)/b16-13-. The highest BCUT2D eigenvalue weighted by molar-refractivity contribution is 5.94. The van der Waals surface area contributed by atoms with Gasteiger partial charge in [-0.25, -0.2) is 5.43 Å². The maximum absolute atomic E-state index is 11.6. The van der Waals surface area contributed by atoms with E-state index in [-0.39, 0.29) is 5.91 Å². The van der Waals surface area contributed by atoms with Gasteiger partial charge in [-0.2, -0.15) is 5.10 Å². The Hall–Kier alpha value is -1.64. The molecule has 0 bridgehead atoms. The molecular weight excluding hydrogens is 224 g/mol. The molecule has 98 valence electrons. The first-order chi connectivity index (χ1) is 8.84. The first-order valence-corrected chi connectivity index (χ1v) is 6.71. The lowest BCUT2D eigenvalue weighted by molar-refractivity contribution is 0.0955. The molecule has 1 rings (SSSR count). The Bertz CT molecular complexity index is 360. The van der Waals surface area contributed by atoms with E-state index in [1.54, 1.807) is 18.3 Å². The number of amides is 1. The van der Waals surface area contributed by atoms with Crippen LogP contribution in [0.4, 0.5) is 0 Å². The molecule has 1 N–H and O–H groups in total. The molecule has 3 heteroatoms. The van der Waals surface area contributed by atoms with Gasteiger partial charge in [0, 0.05) is 11.8 Å². The van der Waals surface area contributed by atoms with Crippen LogP contribution < -0.4 is 5.43 Å². The van der Waals surface area contributed by atoms with Crippen molar-refractivity contribution in [1.82, 2.24) is 5.43 Å². The molecule has 0 fully saturated rings. The maximum atomic E-state index is 11.6. The van der Waals surface area contributed by atoms with Crippen LogP contribution in [0.1, 0.15) is 55.8 Å². The van der Waals surface area contributed by atoms with E-state index < -0.39 is 0 Å². The van der Waals surface area contributed by atoms with Gasteiger partial charge in [-0.1, -0.05) is 50.8 Å². The first-order valence-electron chi connectivity index (χ1n) is 6.71. The zero-order valence-electron chi connectivity index (χ0n) is 11.1. The van der Waals surface area contributed by atoms with Gasteiger partial charge < -0.3 is 0 Å². The van der Waals surface area contributed by atoms with Crippen molar-refractivity contribution in [3.05, 3.63) is 35.9 Å². The summed E-state index contributed by atoms with van der Waals surface area (Å²) in [5, 5.41) is 3.94. The van der Waals surface area contributed by atoms with Crippen LogP contribution in [0.5, 0.6) is 0 Å². The van der Waals surface area contributed by atoms with Crippen LogP contribution in [-0.2, 0) is 0 Å². The van der Waals surface area contributed by atoms with Crippen molar-refractivity contribution >= 4 is 12.1 Å². The van der Waals surface area contributed by atoms with Crippen LogP contribution in [0.25, 0.3) is 0 Å². The summed E-state index contributed by atoms with van der Waals surface area (Å²) in [6.07, 6.45) is 8.96. The number of unbranched alkanes of at least 4 members (excludes halogenated alkanes) is 5. The summed E-state index contributed by atoms with van der Waals surface area (Å²) in [4.78, 5) is 11.6. The lowest BCUT2D eigenvalue weighted by atomic mass is 10.1. The van der Waals surface area contributed by atoms with Gasteiger partial charge in [0.1, 0.15) is 0 Å². The van der Waals surface area contributed by atoms with Gasteiger partial charge in [-0.3, -0.25) is 4.79 Å². The Labute approximate surface area is 109 Å². The summed E-state index contributed by atoms with van der Waals surface area (Å²) >= 11 is 0. The summed E-state index contributed by atoms with van der Waals surface area (Å²) in [5.41, 5.74) is 3.17. The monoisotopic (exact) mass is 246 g/mol. The molecule has 3 nitrogen and oxygen atoms in total. The highest BCUT2D eigenvalue weighted by Gasteiger charge is 2.00. The van der Waals surface area contributed by atoms with E-state index in [9.17, 15) is 4.79 Å². The minimum atomic E-state index is -0.155. The fourth-order valence-electron chi connectivity index (χ4n) is 1.66. The number of rotatable bonds is 8. The molecule has 0 heterocycles. The molecule has 1 aromatic carbocycles. The Kier molecular flexibility index (Phi) is 7.53. The van der Waals surface area contributed by atoms with Crippen molar-refractivity contribution < 1.29 is 4.79 Å². The van der Waals surface area contributed by atoms with Crippen LogP contribution in [0.15, 0.2) is 35.4 Å². The Balaban J connectivity index is 2.11. The molecular formula is C15H22N2O. The predicted molar refractivity (Wildman–Crippen MR) is 75.8 cm³/mol. The van der Waals surface area contributed by atoms with Gasteiger partial charge in [-0.15, -0.1) is 0 Å². The molecule has 0 atom stereocenters. The molecule has 1 aromatic rings. The third kappa shape index (κ3) is 6.18. The van der Waals surface area contributed by atoms with Crippen molar-refractivity contribution in [2.75, 3.05) is 0 Å². The average Bonchev–Trinajstić information content (AvgIpc) is 2.42. The number of hydrazone groups is 1. The van der Waals surface area contributed by atoms with E-state index >= 15 is 0 Å². The topological polar surface area (TPSA) is 41.5 Å². The van der Waals surface area contributed by atoms with Crippen molar-refractivity contribution in [3.8, 4) is 0 Å². The lowest BCUT2D eigenvalue weighted by Gasteiger charge is -1.99. The Morgan fingerprint density at radius 2 is 1.89 bits per heavy atom. The number of nitrogens with one attached hydrogen (secondary N) is 1. The molecule has 0 aliphatic rings. The number of carbonyl (C=O) groups is 1. The summed E-state index contributed by atoms with van der Waals surface area (Å²) in [5.74, 6) is -0.155. The van der Waals surface area contributed by atoms with E-state index in [1.807, 2.05) is 18.2 Å². The second kappa shape index (κ2) is 9.40. The third-order valence-electron chi connectivity index (χ3n) is 2.73. The lowest BCUT2D eigenvalue weighted by Crippen LogP contribution is -2.17. The zero-order valence-corrected chi connectivity index (χ0v) is 11.1. The minimum Gasteiger partial charge on any atom is -0.267 e. The molecule has 0 aliphatic carbocycles. The van der Waals surface area contributed by atoms with Crippen molar-refractivity contribution in [2.24, 2.45) is 5.10 Å². The number of carbonyl (C=O) groups excluding carboxylic acids is 1. The number of hydrogen-bond acceptors (Lipinski definition) is 2. The van der Waals surface area contributed by atoms with Gasteiger partial charge in [-0.05, 0) is 25.0 Å². The Morgan fingerprint density at radius 1 is 1.17 bits per heavy atom. The van der Waals surface area contributed by atoms with Gasteiger partial charge in [0.2, 0.25) is 0 Å². The fraction of sp³-hybridized carbons (Fsp3) is 0.467. The van der Waals surface area contributed by atoms with Gasteiger partial charge in [0.05, 0.1) is 0 Å². The molecule has 0 radical (unpaired) electrons. The molecule has 0 saturated carbocycles. The average molecular weight is 246 g/mol. The quantitative estimate of drug-likeness (QED) is 0.423. The predicted octanol–water partition coefficient (Wildman–Crippen LogP) is 3.76. The second-order valence-corrected chi connectivity index (χ2v) is 4.32. The summed E-state index contributed by atoms with van der Waals surface area (Å²) in [7, 11) is 0. The van der Waals surface area contributed by atoms with Gasteiger partial charge >= 0.3 is 0 Å². The van der Waals surface area contributed by atoms with E-state index in [0.717, 1.165) is 12.8 Å². The number of nitrogens with zero attached hydrogens (tertiary/aromatic N) is 1. The van der Waals surface area contributed by atoms with Crippen LogP contribution >= 0.6 is 0 Å². The molecule has 0 spiro atoms. The van der Waals surface area contributed by atoms with E-state index in [1.165, 1.54) is 25.7 Å². The number of benzene rings is 1. The zero-order chi connectivity index (χ0) is 13.1. The van der Waals surface area contributed by atoms with Gasteiger partial charge in [0.25, 0.3) is 5.91 Å². The third-order valence-corrected chi connectivity index (χ3v) is 2.73. The minimum absolute atomic E-state index is 0.155. The summed E-state index contributed by atoms with van der Waals surface area (Å²) in [6.45, 7) is 2.21. The Morgan fingerprint density at radius 3 is 2.61 bits per heavy atom. The van der Waals surface area contributed by atoms with Crippen LogP contribution in [0.2, 0.25) is 0 Å². The smallest absolute Gasteiger partial charge is 0.267 e. The van der Waals surface area contributed by atoms with Crippen LogP contribution in [0, 0.1) is 0 Å². The molecule has 0 saturated heterocycles. The van der Waals surface area contributed by atoms with Crippen LogP contribution in [-0.4, -0.2) is 12.1 Å². The summed E-state index contributed by atoms with van der Waals surface area (Å²) in [6, 6.07) is 9.11. The molecule has 0 aliphatic heterocycles. The SMILES string of the molecule is CCCCCCC/C=N\NC(=O)c1ccccc1. The first kappa shape index (κ1) is 14.4. The highest BCUT2D eigenvalue weighted by Crippen LogP contribution is 2.03. The largest absolute Gasteiger partial charge is 0.271 e. The van der Waals surface area contributed by atoms with Gasteiger partial charge in [0.15, 0.2) is 0 Å². The molecule has 1 amide bonds.